The highest BCUT2D eigenvalue weighted by Crippen LogP contribution is 2.30. The molecule has 5 nitrogen and oxygen atoms in total. The average Bonchev–Trinajstić information content (AvgIpc) is 3.11. The fourth-order valence-electron chi connectivity index (χ4n) is 4.05. The molecule has 0 unspecified atom stereocenters. The molecule has 146 valence electrons. The van der Waals surface area contributed by atoms with Crippen molar-refractivity contribution >= 4 is 10.9 Å². The minimum Gasteiger partial charge on any atom is -0.496 e. The van der Waals surface area contributed by atoms with Crippen LogP contribution in [-0.2, 0) is 13.0 Å². The monoisotopic (exact) mass is 389 g/mol. The lowest BCUT2D eigenvalue weighted by atomic mass is 10.1. The second kappa shape index (κ2) is 6.90. The van der Waals surface area contributed by atoms with Crippen molar-refractivity contribution in [3.63, 3.8) is 0 Å². The zero-order valence-corrected chi connectivity index (χ0v) is 16.0. The topological polar surface area (TPSA) is 59.0 Å². The van der Waals surface area contributed by atoms with Gasteiger partial charge in [-0.15, -0.1) is 0 Å². The van der Waals surface area contributed by atoms with Crippen molar-refractivity contribution in [2.75, 3.05) is 13.7 Å². The second-order valence-corrected chi connectivity index (χ2v) is 7.21. The lowest BCUT2D eigenvalue weighted by Crippen LogP contribution is -2.22. The van der Waals surface area contributed by atoms with Crippen LogP contribution in [0.25, 0.3) is 27.7 Å². The number of rotatable bonds is 3. The Hall–Kier alpha value is -3.38. The maximum atomic E-state index is 13.5. The van der Waals surface area contributed by atoms with Gasteiger partial charge in [-0.2, -0.15) is 0 Å². The smallest absolute Gasteiger partial charge is 0.255 e. The van der Waals surface area contributed by atoms with Crippen molar-refractivity contribution in [3.8, 4) is 22.6 Å². The normalized spacial score (nSPS) is 13.4. The van der Waals surface area contributed by atoms with Gasteiger partial charge in [-0.1, -0.05) is 6.07 Å². The highest BCUT2D eigenvalue weighted by atomic mass is 19.1. The summed E-state index contributed by atoms with van der Waals surface area (Å²) < 4.78 is 20.3. The molecule has 2 aromatic heterocycles. The van der Waals surface area contributed by atoms with Crippen LogP contribution < -0.4 is 15.6 Å². The minimum atomic E-state index is -0.379. The number of aromatic amines is 1. The molecule has 2 aromatic carbocycles. The Morgan fingerprint density at radius 1 is 1.10 bits per heavy atom. The molecular formula is C23H20FN3O2. The highest BCUT2D eigenvalue weighted by Gasteiger charge is 2.15. The van der Waals surface area contributed by atoms with Crippen LogP contribution in [0.3, 0.4) is 0 Å². The highest BCUT2D eigenvalue weighted by molar-refractivity contribution is 5.86. The zero-order chi connectivity index (χ0) is 20.0. The predicted molar refractivity (Wildman–Crippen MR) is 111 cm³/mol. The second-order valence-electron chi connectivity index (χ2n) is 7.21. The molecule has 0 aliphatic carbocycles. The lowest BCUT2D eigenvalue weighted by Gasteiger charge is -2.12. The third kappa shape index (κ3) is 3.02. The first-order valence-corrected chi connectivity index (χ1v) is 9.55. The van der Waals surface area contributed by atoms with E-state index < -0.39 is 0 Å². The molecule has 3 heterocycles. The van der Waals surface area contributed by atoms with Gasteiger partial charge >= 0.3 is 0 Å². The Balaban J connectivity index is 1.56. The number of nitrogens with one attached hydrogen (secondary N) is 2. The van der Waals surface area contributed by atoms with Crippen LogP contribution in [0.15, 0.2) is 59.5 Å². The van der Waals surface area contributed by atoms with Gasteiger partial charge in [0.2, 0.25) is 0 Å². The SMILES string of the molecule is COc1cc(F)ccc1-c1ccn(-c2ccc3c4c([nH]c3c2)CCNC4)c(=O)c1. The van der Waals surface area contributed by atoms with Crippen molar-refractivity contribution in [1.29, 1.82) is 0 Å². The molecule has 0 spiro atoms. The number of fused-ring (bicyclic) bond motifs is 3. The molecule has 5 rings (SSSR count). The van der Waals surface area contributed by atoms with Crippen LogP contribution in [0.2, 0.25) is 0 Å². The van der Waals surface area contributed by atoms with Crippen molar-refractivity contribution in [1.82, 2.24) is 14.9 Å². The third-order valence-electron chi connectivity index (χ3n) is 5.50. The van der Waals surface area contributed by atoms with Crippen LogP contribution in [-0.4, -0.2) is 23.2 Å². The van der Waals surface area contributed by atoms with E-state index >= 15 is 0 Å². The van der Waals surface area contributed by atoms with E-state index in [1.165, 1.54) is 35.9 Å². The largest absolute Gasteiger partial charge is 0.496 e. The Bertz CT molecular complexity index is 1290. The van der Waals surface area contributed by atoms with Crippen molar-refractivity contribution < 1.29 is 9.13 Å². The maximum Gasteiger partial charge on any atom is 0.255 e. The third-order valence-corrected chi connectivity index (χ3v) is 5.50. The standard InChI is InChI=1S/C23H20FN3O2/c1-29-22-11-15(24)2-4-17(22)14-7-9-27(23(28)10-14)16-3-5-18-19-13-25-8-6-20(19)26-21(18)12-16/h2-5,7,9-12,25-26H,6,8,13H2,1H3. The van der Waals surface area contributed by atoms with Crippen molar-refractivity contribution in [2.45, 2.75) is 13.0 Å². The molecule has 29 heavy (non-hydrogen) atoms. The molecule has 0 saturated carbocycles. The molecule has 0 fully saturated rings. The summed E-state index contributed by atoms with van der Waals surface area (Å²) in [6, 6.07) is 13.7. The van der Waals surface area contributed by atoms with Crippen molar-refractivity contribution in [2.24, 2.45) is 0 Å². The number of ether oxygens (including phenoxy) is 1. The zero-order valence-electron chi connectivity index (χ0n) is 16.0. The Labute approximate surface area is 166 Å². The van der Waals surface area contributed by atoms with Gasteiger partial charge in [0.1, 0.15) is 11.6 Å². The summed E-state index contributed by atoms with van der Waals surface area (Å²) in [6.07, 6.45) is 2.72. The number of benzene rings is 2. The van der Waals surface area contributed by atoms with E-state index in [4.69, 9.17) is 4.74 Å². The fraction of sp³-hybridized carbons (Fsp3) is 0.174. The van der Waals surface area contributed by atoms with E-state index in [-0.39, 0.29) is 11.4 Å². The first-order chi connectivity index (χ1) is 14.1. The summed E-state index contributed by atoms with van der Waals surface area (Å²) in [6.45, 7) is 1.84. The van der Waals surface area contributed by atoms with Gasteiger partial charge in [0, 0.05) is 60.0 Å². The molecule has 0 radical (unpaired) electrons. The number of pyridine rings is 1. The predicted octanol–water partition coefficient (Wildman–Crippen LogP) is 3.78. The molecular weight excluding hydrogens is 369 g/mol. The number of halogens is 1. The molecule has 4 aromatic rings. The molecule has 1 aliphatic rings. The lowest BCUT2D eigenvalue weighted by molar-refractivity contribution is 0.413. The van der Waals surface area contributed by atoms with E-state index in [9.17, 15) is 9.18 Å². The molecule has 0 saturated heterocycles. The van der Waals surface area contributed by atoms with E-state index in [1.807, 2.05) is 18.2 Å². The summed E-state index contributed by atoms with van der Waals surface area (Å²) in [5, 5.41) is 4.59. The molecule has 0 amide bonds. The average molecular weight is 389 g/mol. The van der Waals surface area contributed by atoms with E-state index in [2.05, 4.69) is 16.4 Å². The van der Waals surface area contributed by atoms with Crippen LogP contribution >= 0.6 is 0 Å². The maximum absolute atomic E-state index is 13.5. The van der Waals surface area contributed by atoms with Crippen LogP contribution in [0.1, 0.15) is 11.3 Å². The molecule has 1 aliphatic heterocycles. The van der Waals surface area contributed by atoms with Gasteiger partial charge in [0.15, 0.2) is 0 Å². The summed E-state index contributed by atoms with van der Waals surface area (Å²) in [7, 11) is 1.49. The fourth-order valence-corrected chi connectivity index (χ4v) is 4.05. The van der Waals surface area contributed by atoms with Gasteiger partial charge in [0.05, 0.1) is 12.8 Å². The molecule has 0 atom stereocenters. The van der Waals surface area contributed by atoms with Gasteiger partial charge in [-0.3, -0.25) is 9.36 Å². The van der Waals surface area contributed by atoms with Crippen molar-refractivity contribution in [3.05, 3.63) is 82.2 Å². The van der Waals surface area contributed by atoms with E-state index in [0.29, 0.717) is 16.9 Å². The van der Waals surface area contributed by atoms with Gasteiger partial charge in [-0.25, -0.2) is 4.39 Å². The Morgan fingerprint density at radius 2 is 2.00 bits per heavy atom. The summed E-state index contributed by atoms with van der Waals surface area (Å²) >= 11 is 0. The Kier molecular flexibility index (Phi) is 4.21. The van der Waals surface area contributed by atoms with Crippen LogP contribution in [0, 0.1) is 5.82 Å². The summed E-state index contributed by atoms with van der Waals surface area (Å²) in [4.78, 5) is 16.3. The number of hydrogen-bond donors (Lipinski definition) is 2. The van der Waals surface area contributed by atoms with Gasteiger partial charge in [-0.05, 0) is 41.5 Å². The van der Waals surface area contributed by atoms with E-state index in [1.54, 1.807) is 22.9 Å². The molecule has 0 bridgehead atoms. The first kappa shape index (κ1) is 17.7. The summed E-state index contributed by atoms with van der Waals surface area (Å²) in [5.41, 5.74) is 5.61. The quantitative estimate of drug-likeness (QED) is 0.561. The van der Waals surface area contributed by atoms with E-state index in [0.717, 1.165) is 30.7 Å². The molecule has 6 heteroatoms. The molecule has 2 N–H and O–H groups in total. The minimum absolute atomic E-state index is 0.161. The van der Waals surface area contributed by atoms with Crippen LogP contribution in [0.5, 0.6) is 5.75 Å². The number of methoxy groups -OCH3 is 1. The number of nitrogens with zero attached hydrogens (tertiary/aromatic N) is 1. The first-order valence-electron chi connectivity index (χ1n) is 9.55. The van der Waals surface area contributed by atoms with Gasteiger partial charge in [0.25, 0.3) is 5.56 Å². The van der Waals surface area contributed by atoms with Crippen LogP contribution in [0.4, 0.5) is 4.39 Å². The number of H-pyrrole nitrogens is 1. The number of aromatic nitrogens is 2. The summed E-state index contributed by atoms with van der Waals surface area (Å²) in [5.74, 6) is 0.0187. The Morgan fingerprint density at radius 3 is 2.83 bits per heavy atom. The van der Waals surface area contributed by atoms with Gasteiger partial charge < -0.3 is 15.0 Å². The number of hydrogen-bond acceptors (Lipinski definition) is 3.